The molecule has 1 aromatic heterocycles. The number of aromatic nitrogens is 1. The van der Waals surface area contributed by atoms with Crippen LogP contribution in [0.5, 0.6) is 0 Å². The van der Waals surface area contributed by atoms with Crippen molar-refractivity contribution >= 4 is 28.3 Å². The summed E-state index contributed by atoms with van der Waals surface area (Å²) >= 11 is 1.34. The molecule has 29 heavy (non-hydrogen) atoms. The fourth-order valence-electron chi connectivity index (χ4n) is 3.76. The maximum atomic E-state index is 12.8. The first-order chi connectivity index (χ1) is 13.7. The van der Waals surface area contributed by atoms with E-state index in [1.165, 1.54) is 16.9 Å². The summed E-state index contributed by atoms with van der Waals surface area (Å²) < 4.78 is 0. The summed E-state index contributed by atoms with van der Waals surface area (Å²) in [5.41, 5.74) is 5.18. The molecular formula is C23H27N2O3S-. The van der Waals surface area contributed by atoms with Crippen LogP contribution < -0.4 is 10.4 Å². The first-order valence-corrected chi connectivity index (χ1v) is 10.8. The Kier molecular flexibility index (Phi) is 6.52. The molecule has 3 rings (SSSR count). The molecule has 1 aliphatic rings. The normalized spacial score (nSPS) is 19.5. The number of anilines is 1. The molecule has 1 aliphatic carbocycles. The number of allylic oxidation sites excluding steroid dienone is 2. The highest BCUT2D eigenvalue weighted by molar-refractivity contribution is 7.14. The summed E-state index contributed by atoms with van der Waals surface area (Å²) in [7, 11) is 0. The zero-order valence-electron chi connectivity index (χ0n) is 17.3. The summed E-state index contributed by atoms with van der Waals surface area (Å²) in [6.07, 6.45) is 1.83. The van der Waals surface area contributed by atoms with E-state index in [4.69, 9.17) is 0 Å². The molecule has 0 radical (unpaired) electrons. The van der Waals surface area contributed by atoms with Crippen molar-refractivity contribution in [1.82, 2.24) is 4.98 Å². The Bertz CT molecular complexity index is 928. The molecule has 0 saturated heterocycles. The molecule has 1 heterocycles. The summed E-state index contributed by atoms with van der Waals surface area (Å²) in [5, 5.41) is 16.7. The van der Waals surface area contributed by atoms with Crippen LogP contribution in [0.4, 0.5) is 5.13 Å². The van der Waals surface area contributed by atoms with Gasteiger partial charge in [0.2, 0.25) is 5.91 Å². The molecular weight excluding hydrogens is 384 g/mol. The van der Waals surface area contributed by atoms with Gasteiger partial charge in [0.15, 0.2) is 5.13 Å². The van der Waals surface area contributed by atoms with Crippen molar-refractivity contribution in [2.24, 2.45) is 17.8 Å². The van der Waals surface area contributed by atoms with Crippen molar-refractivity contribution in [3.63, 3.8) is 0 Å². The average molecular weight is 412 g/mol. The van der Waals surface area contributed by atoms with E-state index in [1.54, 1.807) is 0 Å². The van der Waals surface area contributed by atoms with Crippen molar-refractivity contribution in [3.8, 4) is 11.3 Å². The van der Waals surface area contributed by atoms with E-state index in [2.05, 4.69) is 36.3 Å². The van der Waals surface area contributed by atoms with Crippen molar-refractivity contribution in [1.29, 1.82) is 0 Å². The molecule has 2 atom stereocenters. The van der Waals surface area contributed by atoms with Crippen LogP contribution in [-0.4, -0.2) is 16.9 Å². The van der Waals surface area contributed by atoms with Crippen molar-refractivity contribution < 1.29 is 14.7 Å². The lowest BCUT2D eigenvalue weighted by Crippen LogP contribution is -2.42. The molecule has 154 valence electrons. The van der Waals surface area contributed by atoms with Gasteiger partial charge in [-0.1, -0.05) is 49.3 Å². The molecule has 0 bridgehead atoms. The van der Waals surface area contributed by atoms with Gasteiger partial charge in [0.05, 0.1) is 11.6 Å². The highest BCUT2D eigenvalue weighted by Gasteiger charge is 2.33. The summed E-state index contributed by atoms with van der Waals surface area (Å²) in [4.78, 5) is 28.8. The smallest absolute Gasteiger partial charge is 0.230 e. The highest BCUT2D eigenvalue weighted by Crippen LogP contribution is 2.35. The standard InChI is InChI=1S/C23H28N2O3S/c1-13(2)9-16-5-7-17(8-6-16)20-12-29-23(24-20)25-21(26)18-10-14(3)15(4)11-19(18)22(27)28/h5-8,12-13,18-19H,9-11H2,1-4H3,(H,27,28)(H,24,25,26)/p-1/t18-,19+/m0/s1. The van der Waals surface area contributed by atoms with Gasteiger partial charge in [-0.25, -0.2) is 4.98 Å². The van der Waals surface area contributed by atoms with Crippen LogP contribution in [0.1, 0.15) is 46.1 Å². The number of carbonyl (C=O) groups excluding carboxylic acids is 2. The van der Waals surface area contributed by atoms with Gasteiger partial charge in [-0.05, 0) is 44.6 Å². The Labute approximate surface area is 175 Å². The summed E-state index contributed by atoms with van der Waals surface area (Å²) in [6.45, 7) is 8.25. The van der Waals surface area contributed by atoms with E-state index in [1.807, 2.05) is 31.4 Å². The number of carboxylic acids is 1. The van der Waals surface area contributed by atoms with Crippen molar-refractivity contribution in [2.45, 2.75) is 47.0 Å². The SMILES string of the molecule is CC1=C(C)C[C@@H](C(=O)[O-])[C@@H](C(=O)Nc2nc(-c3ccc(CC(C)C)cc3)cs2)C1. The molecule has 5 nitrogen and oxygen atoms in total. The van der Waals surface area contributed by atoms with Gasteiger partial charge in [0.1, 0.15) is 0 Å². The molecule has 0 spiro atoms. The van der Waals surface area contributed by atoms with Crippen LogP contribution in [0, 0.1) is 17.8 Å². The minimum atomic E-state index is -1.17. The number of benzene rings is 1. The van der Waals surface area contributed by atoms with Crippen LogP contribution in [0.3, 0.4) is 0 Å². The maximum absolute atomic E-state index is 12.8. The number of nitrogens with zero attached hydrogens (tertiary/aromatic N) is 1. The number of amides is 1. The van der Waals surface area contributed by atoms with E-state index in [0.717, 1.165) is 28.8 Å². The Morgan fingerprint density at radius 1 is 1.14 bits per heavy atom. The third-order valence-corrected chi connectivity index (χ3v) is 6.29. The fourth-order valence-corrected chi connectivity index (χ4v) is 4.48. The molecule has 0 saturated carbocycles. The fraction of sp³-hybridized carbons (Fsp3) is 0.435. The maximum Gasteiger partial charge on any atom is 0.230 e. The number of rotatable bonds is 6. The van der Waals surface area contributed by atoms with E-state index in [0.29, 0.717) is 23.9 Å². The molecule has 6 heteroatoms. The van der Waals surface area contributed by atoms with E-state index < -0.39 is 17.8 Å². The Morgan fingerprint density at radius 2 is 1.76 bits per heavy atom. The molecule has 2 aromatic rings. The Balaban J connectivity index is 1.71. The first kappa shape index (κ1) is 21.2. The molecule has 1 amide bonds. The number of aliphatic carboxylic acids is 1. The largest absolute Gasteiger partial charge is 0.550 e. The molecule has 0 aliphatic heterocycles. The van der Waals surface area contributed by atoms with Gasteiger partial charge in [-0.2, -0.15) is 0 Å². The topological polar surface area (TPSA) is 82.1 Å². The second-order valence-corrected chi connectivity index (χ2v) is 9.18. The zero-order chi connectivity index (χ0) is 21.1. The second kappa shape index (κ2) is 8.91. The molecule has 1 aromatic carbocycles. The van der Waals surface area contributed by atoms with Crippen LogP contribution in [0.25, 0.3) is 11.3 Å². The van der Waals surface area contributed by atoms with Crippen molar-refractivity contribution in [3.05, 3.63) is 46.4 Å². The first-order valence-electron chi connectivity index (χ1n) is 9.96. The minimum Gasteiger partial charge on any atom is -0.550 e. The lowest BCUT2D eigenvalue weighted by atomic mass is 9.76. The Morgan fingerprint density at radius 3 is 2.34 bits per heavy atom. The second-order valence-electron chi connectivity index (χ2n) is 8.32. The van der Waals surface area contributed by atoms with Gasteiger partial charge in [-0.15, -0.1) is 11.3 Å². The highest BCUT2D eigenvalue weighted by atomic mass is 32.1. The molecule has 0 unspecified atom stereocenters. The minimum absolute atomic E-state index is 0.306. The van der Waals surface area contributed by atoms with Crippen molar-refractivity contribution in [2.75, 3.05) is 5.32 Å². The third-order valence-electron chi connectivity index (χ3n) is 5.53. The summed E-state index contributed by atoms with van der Waals surface area (Å²) in [5.74, 6) is -2.30. The van der Waals surface area contributed by atoms with Gasteiger partial charge < -0.3 is 15.2 Å². The molecule has 1 N–H and O–H groups in total. The van der Waals surface area contributed by atoms with Crippen LogP contribution in [0.2, 0.25) is 0 Å². The monoisotopic (exact) mass is 411 g/mol. The number of carbonyl (C=O) groups is 2. The van der Waals surface area contributed by atoms with Gasteiger partial charge >= 0.3 is 0 Å². The number of hydrogen-bond donors (Lipinski definition) is 1. The summed E-state index contributed by atoms with van der Waals surface area (Å²) in [6, 6.07) is 8.30. The van der Waals surface area contributed by atoms with E-state index in [9.17, 15) is 14.7 Å². The predicted molar refractivity (Wildman–Crippen MR) is 114 cm³/mol. The molecule has 0 fully saturated rings. The Hall–Kier alpha value is -2.47. The van der Waals surface area contributed by atoms with Gasteiger partial charge in [-0.3, -0.25) is 4.79 Å². The third kappa shape index (κ3) is 5.12. The van der Waals surface area contributed by atoms with E-state index in [-0.39, 0.29) is 5.91 Å². The predicted octanol–water partition coefficient (Wildman–Crippen LogP) is 4.06. The quantitative estimate of drug-likeness (QED) is 0.727. The number of thiazole rings is 1. The van der Waals surface area contributed by atoms with Crippen LogP contribution in [0.15, 0.2) is 40.8 Å². The number of carboxylic acid groups (broad SMARTS) is 1. The zero-order valence-corrected chi connectivity index (χ0v) is 18.1. The van der Waals surface area contributed by atoms with Gasteiger partial charge in [0.25, 0.3) is 0 Å². The van der Waals surface area contributed by atoms with E-state index >= 15 is 0 Å². The van der Waals surface area contributed by atoms with Crippen LogP contribution in [-0.2, 0) is 16.0 Å². The van der Waals surface area contributed by atoms with Gasteiger partial charge in [0, 0.05) is 22.8 Å². The van der Waals surface area contributed by atoms with Crippen LogP contribution >= 0.6 is 11.3 Å². The number of nitrogens with one attached hydrogen (secondary N) is 1. The number of hydrogen-bond acceptors (Lipinski definition) is 5. The average Bonchev–Trinajstić information content (AvgIpc) is 3.12. The lowest BCUT2D eigenvalue weighted by molar-refractivity contribution is -0.313. The lowest BCUT2D eigenvalue weighted by Gasteiger charge is -2.32.